The molecule has 0 bridgehead atoms. The van der Waals surface area contributed by atoms with Gasteiger partial charge in [-0.1, -0.05) is 23.7 Å². The maximum atomic E-state index is 12.0. The van der Waals surface area contributed by atoms with Crippen molar-refractivity contribution in [1.82, 2.24) is 5.32 Å². The molecule has 1 rings (SSSR count). The normalized spacial score (nSPS) is 12.5. The maximum Gasteiger partial charge on any atom is 0.265 e. The van der Waals surface area contributed by atoms with Gasteiger partial charge >= 0.3 is 0 Å². The van der Waals surface area contributed by atoms with E-state index in [9.17, 15) is 13.6 Å². The fourth-order valence-corrected chi connectivity index (χ4v) is 2.40. The van der Waals surface area contributed by atoms with Crippen LogP contribution >= 0.6 is 23.4 Å². The summed E-state index contributed by atoms with van der Waals surface area (Å²) in [5, 5.41) is 11.7. The first kappa shape index (κ1) is 16.2. The molecule has 106 valence electrons. The fourth-order valence-electron chi connectivity index (χ4n) is 1.21. The summed E-state index contributed by atoms with van der Waals surface area (Å²) in [4.78, 5) is 12.2. The molecule has 1 unspecified atom stereocenters. The van der Waals surface area contributed by atoms with Crippen molar-refractivity contribution in [2.45, 2.75) is 23.8 Å². The van der Waals surface area contributed by atoms with Gasteiger partial charge in [-0.25, -0.2) is 8.78 Å². The van der Waals surface area contributed by atoms with Crippen LogP contribution in [-0.2, 0) is 4.79 Å². The van der Waals surface area contributed by atoms with Crippen molar-refractivity contribution in [2.24, 2.45) is 0 Å². The lowest BCUT2D eigenvalue weighted by molar-refractivity contribution is -0.121. The number of carbonyl (C=O) groups excluding carboxylic acids is 1. The first-order valence-corrected chi connectivity index (χ1v) is 6.97. The molecule has 0 heterocycles. The smallest absolute Gasteiger partial charge is 0.265 e. The van der Waals surface area contributed by atoms with Gasteiger partial charge in [-0.05, 0) is 12.1 Å². The van der Waals surface area contributed by atoms with Crippen LogP contribution in [0.25, 0.3) is 0 Å². The second-order valence-corrected chi connectivity index (χ2v) is 5.28. The minimum absolute atomic E-state index is 0.172. The molecule has 1 amide bonds. The lowest BCUT2D eigenvalue weighted by Crippen LogP contribution is -2.35. The van der Waals surface area contributed by atoms with Crippen LogP contribution in [0.1, 0.15) is 6.42 Å². The van der Waals surface area contributed by atoms with E-state index in [0.29, 0.717) is 10.8 Å². The quantitative estimate of drug-likeness (QED) is 0.761. The zero-order chi connectivity index (χ0) is 14.3. The number of aliphatic hydroxyl groups excluding tert-OH is 1. The van der Waals surface area contributed by atoms with Crippen molar-refractivity contribution in [1.29, 1.82) is 0 Å². The van der Waals surface area contributed by atoms with E-state index in [-0.39, 0.29) is 12.3 Å². The lowest BCUT2D eigenvalue weighted by atomic mass is 10.3. The summed E-state index contributed by atoms with van der Waals surface area (Å²) >= 11 is 7.35. The zero-order valence-electron chi connectivity index (χ0n) is 9.98. The monoisotopic (exact) mass is 309 g/mol. The molecule has 0 fully saturated rings. The molecule has 1 aromatic carbocycles. The Balaban J connectivity index is 2.23. The topological polar surface area (TPSA) is 49.3 Å². The van der Waals surface area contributed by atoms with Crippen LogP contribution in [0.15, 0.2) is 29.2 Å². The van der Waals surface area contributed by atoms with Crippen LogP contribution in [-0.4, -0.2) is 35.8 Å². The molecule has 19 heavy (non-hydrogen) atoms. The molecule has 0 saturated carbocycles. The van der Waals surface area contributed by atoms with E-state index in [1.807, 2.05) is 18.2 Å². The van der Waals surface area contributed by atoms with Crippen molar-refractivity contribution in [3.8, 4) is 0 Å². The molecule has 0 aliphatic carbocycles. The molecule has 0 aliphatic rings. The number of hydrogen-bond donors (Lipinski definition) is 2. The molecule has 0 radical (unpaired) electrons. The van der Waals surface area contributed by atoms with Gasteiger partial charge in [0, 0.05) is 23.6 Å². The van der Waals surface area contributed by atoms with Crippen molar-refractivity contribution < 1.29 is 18.7 Å². The summed E-state index contributed by atoms with van der Waals surface area (Å²) in [6.45, 7) is -0.437. The highest BCUT2D eigenvalue weighted by atomic mass is 35.5. The van der Waals surface area contributed by atoms with Crippen LogP contribution in [0.2, 0.25) is 5.02 Å². The largest absolute Gasteiger partial charge is 0.385 e. The Labute approximate surface area is 119 Å². The molecule has 7 heteroatoms. The molecule has 0 aromatic heterocycles. The fraction of sp³-hybridized carbons (Fsp3) is 0.417. The van der Waals surface area contributed by atoms with Gasteiger partial charge in [0.05, 0.1) is 5.02 Å². The Morgan fingerprint density at radius 3 is 2.74 bits per heavy atom. The zero-order valence-corrected chi connectivity index (χ0v) is 11.6. The first-order valence-electron chi connectivity index (χ1n) is 5.61. The third-order valence-corrected chi connectivity index (χ3v) is 3.74. The molecular formula is C12H14ClF2NO2S. The Morgan fingerprint density at radius 2 is 2.11 bits per heavy atom. The van der Waals surface area contributed by atoms with E-state index in [1.54, 1.807) is 6.07 Å². The Bertz CT molecular complexity index is 420. The van der Waals surface area contributed by atoms with E-state index in [4.69, 9.17) is 16.7 Å². The SMILES string of the molecule is O=C(CCSc1ccccc1Cl)NCC(O)C(F)F. The third kappa shape index (κ3) is 6.22. The molecular weight excluding hydrogens is 296 g/mol. The first-order chi connectivity index (χ1) is 9.00. The molecule has 2 N–H and O–H groups in total. The van der Waals surface area contributed by atoms with Gasteiger partial charge in [0.1, 0.15) is 6.10 Å². The van der Waals surface area contributed by atoms with Crippen molar-refractivity contribution in [2.75, 3.05) is 12.3 Å². The van der Waals surface area contributed by atoms with Crippen LogP contribution in [0.4, 0.5) is 8.78 Å². The van der Waals surface area contributed by atoms with E-state index in [0.717, 1.165) is 4.90 Å². The number of benzene rings is 1. The lowest BCUT2D eigenvalue weighted by Gasteiger charge is -2.10. The van der Waals surface area contributed by atoms with Crippen molar-refractivity contribution >= 4 is 29.3 Å². The van der Waals surface area contributed by atoms with Gasteiger partial charge in [-0.15, -0.1) is 11.8 Å². The molecule has 0 spiro atoms. The Kier molecular flexibility index (Phi) is 7.12. The summed E-state index contributed by atoms with van der Waals surface area (Å²) in [6.07, 6.45) is -4.50. The molecule has 1 atom stereocenters. The number of nitrogens with one attached hydrogen (secondary N) is 1. The minimum atomic E-state index is -2.85. The summed E-state index contributed by atoms with van der Waals surface area (Å²) in [6, 6.07) is 7.24. The molecule has 3 nitrogen and oxygen atoms in total. The van der Waals surface area contributed by atoms with Crippen LogP contribution < -0.4 is 5.32 Å². The third-order valence-electron chi connectivity index (χ3n) is 2.22. The summed E-state index contributed by atoms with van der Waals surface area (Å²) in [7, 11) is 0. The van der Waals surface area contributed by atoms with Gasteiger partial charge in [0.15, 0.2) is 0 Å². The second kappa shape index (κ2) is 8.35. The number of amides is 1. The maximum absolute atomic E-state index is 12.0. The molecule has 0 aliphatic heterocycles. The van der Waals surface area contributed by atoms with Crippen LogP contribution in [0, 0.1) is 0 Å². The number of aliphatic hydroxyl groups is 1. The van der Waals surface area contributed by atoms with E-state index >= 15 is 0 Å². The van der Waals surface area contributed by atoms with Crippen LogP contribution in [0.3, 0.4) is 0 Å². The average molecular weight is 310 g/mol. The average Bonchev–Trinajstić information content (AvgIpc) is 2.38. The van der Waals surface area contributed by atoms with E-state index < -0.39 is 19.1 Å². The van der Waals surface area contributed by atoms with Gasteiger partial charge in [0.25, 0.3) is 6.43 Å². The molecule has 0 saturated heterocycles. The van der Waals surface area contributed by atoms with Gasteiger partial charge < -0.3 is 10.4 Å². The van der Waals surface area contributed by atoms with Gasteiger partial charge in [0.2, 0.25) is 5.91 Å². The summed E-state index contributed by atoms with van der Waals surface area (Å²) in [5.74, 6) is 0.111. The number of halogens is 3. The van der Waals surface area contributed by atoms with Crippen molar-refractivity contribution in [3.05, 3.63) is 29.3 Å². The van der Waals surface area contributed by atoms with Crippen LogP contribution in [0.5, 0.6) is 0 Å². The second-order valence-electron chi connectivity index (χ2n) is 3.73. The van der Waals surface area contributed by atoms with Gasteiger partial charge in [-0.3, -0.25) is 4.79 Å². The van der Waals surface area contributed by atoms with E-state index in [2.05, 4.69) is 5.32 Å². The number of carbonyl (C=O) groups is 1. The number of rotatable bonds is 7. The Hall–Kier alpha value is -0.850. The highest BCUT2D eigenvalue weighted by molar-refractivity contribution is 7.99. The summed E-state index contributed by atoms with van der Waals surface area (Å²) < 4.78 is 24.0. The highest BCUT2D eigenvalue weighted by Gasteiger charge is 2.17. The highest BCUT2D eigenvalue weighted by Crippen LogP contribution is 2.26. The standard InChI is InChI=1S/C12H14ClF2NO2S/c13-8-3-1-2-4-10(8)19-6-5-11(18)16-7-9(17)12(14)15/h1-4,9,12,17H,5-7H2,(H,16,18). The summed E-state index contributed by atoms with van der Waals surface area (Å²) in [5.41, 5.74) is 0. The predicted octanol–water partition coefficient (Wildman–Crippen LogP) is 2.56. The number of thioether (sulfide) groups is 1. The van der Waals surface area contributed by atoms with Gasteiger partial charge in [-0.2, -0.15) is 0 Å². The number of hydrogen-bond acceptors (Lipinski definition) is 3. The molecule has 1 aromatic rings. The Morgan fingerprint density at radius 1 is 1.42 bits per heavy atom. The predicted molar refractivity (Wildman–Crippen MR) is 71.8 cm³/mol. The van der Waals surface area contributed by atoms with E-state index in [1.165, 1.54) is 11.8 Å². The number of alkyl halides is 2. The van der Waals surface area contributed by atoms with Crippen molar-refractivity contribution in [3.63, 3.8) is 0 Å². The minimum Gasteiger partial charge on any atom is -0.385 e.